The van der Waals surface area contributed by atoms with E-state index >= 15 is 0 Å². The molecule has 0 unspecified atom stereocenters. The molecule has 5 nitrogen and oxygen atoms in total. The van der Waals surface area contributed by atoms with E-state index < -0.39 is 0 Å². The molecule has 1 N–H and O–H groups in total. The Kier molecular flexibility index (Phi) is 5.09. The molecule has 0 aliphatic carbocycles. The first-order valence-corrected chi connectivity index (χ1v) is 7.42. The van der Waals surface area contributed by atoms with Crippen LogP contribution in [0, 0.1) is 13.8 Å². The molecule has 0 aliphatic rings. The summed E-state index contributed by atoms with van der Waals surface area (Å²) in [5, 5.41) is 2.84. The number of amides is 1. The smallest absolute Gasteiger partial charge is 0.253 e. The van der Waals surface area contributed by atoms with Crippen molar-refractivity contribution in [3.8, 4) is 0 Å². The number of carbonyl (C=O) groups excluding carboxylic acids is 1. The molecule has 1 aromatic heterocycles. The average molecular weight is 299 g/mol. The van der Waals surface area contributed by atoms with Crippen LogP contribution in [-0.4, -0.2) is 15.5 Å². The van der Waals surface area contributed by atoms with E-state index in [1.165, 1.54) is 17.0 Å². The first kappa shape index (κ1) is 15.9. The van der Waals surface area contributed by atoms with Crippen molar-refractivity contribution in [3.05, 3.63) is 57.8 Å². The van der Waals surface area contributed by atoms with E-state index in [9.17, 15) is 9.59 Å². The van der Waals surface area contributed by atoms with E-state index in [1.807, 2.05) is 39.0 Å². The van der Waals surface area contributed by atoms with Crippen LogP contribution in [0.1, 0.15) is 30.2 Å². The Balaban J connectivity index is 2.09. The second-order valence-electron chi connectivity index (χ2n) is 5.39. The van der Waals surface area contributed by atoms with Crippen LogP contribution in [0.15, 0.2) is 35.4 Å². The molecule has 0 atom stereocenters. The average Bonchev–Trinajstić information content (AvgIpc) is 2.47. The summed E-state index contributed by atoms with van der Waals surface area (Å²) in [5.74, 6) is -0.235. The molecule has 0 spiro atoms. The molecule has 2 rings (SSSR count). The van der Waals surface area contributed by atoms with Crippen LogP contribution in [0.4, 0.5) is 5.69 Å². The topological polar surface area (TPSA) is 64.0 Å². The SMILES string of the molecule is CCCc1cc(=O)n(CC(=O)Nc2cccc(C)c2C)cn1. The minimum atomic E-state index is -0.235. The summed E-state index contributed by atoms with van der Waals surface area (Å²) in [4.78, 5) is 28.3. The molecule has 1 aromatic carbocycles. The highest BCUT2D eigenvalue weighted by Crippen LogP contribution is 2.17. The van der Waals surface area contributed by atoms with Crippen molar-refractivity contribution < 1.29 is 4.79 Å². The van der Waals surface area contributed by atoms with Crippen LogP contribution in [0.5, 0.6) is 0 Å². The zero-order chi connectivity index (χ0) is 16.1. The highest BCUT2D eigenvalue weighted by molar-refractivity contribution is 5.91. The van der Waals surface area contributed by atoms with Crippen molar-refractivity contribution in [2.75, 3.05) is 5.32 Å². The van der Waals surface area contributed by atoms with E-state index in [1.54, 1.807) is 0 Å². The lowest BCUT2D eigenvalue weighted by molar-refractivity contribution is -0.116. The molecule has 0 fully saturated rings. The maximum atomic E-state index is 12.1. The largest absolute Gasteiger partial charge is 0.324 e. The maximum absolute atomic E-state index is 12.1. The Morgan fingerprint density at radius 2 is 2.09 bits per heavy atom. The predicted octanol–water partition coefficient (Wildman–Crippen LogP) is 2.45. The third kappa shape index (κ3) is 3.81. The quantitative estimate of drug-likeness (QED) is 0.922. The molecule has 0 saturated carbocycles. The van der Waals surface area contributed by atoms with E-state index in [4.69, 9.17) is 0 Å². The van der Waals surface area contributed by atoms with E-state index in [-0.39, 0.29) is 18.0 Å². The van der Waals surface area contributed by atoms with Crippen molar-refractivity contribution in [1.82, 2.24) is 9.55 Å². The monoisotopic (exact) mass is 299 g/mol. The lowest BCUT2D eigenvalue weighted by Crippen LogP contribution is -2.28. The first-order chi connectivity index (χ1) is 10.5. The van der Waals surface area contributed by atoms with E-state index in [0.717, 1.165) is 35.3 Å². The minimum Gasteiger partial charge on any atom is -0.324 e. The first-order valence-electron chi connectivity index (χ1n) is 7.42. The number of aryl methyl sites for hydroxylation is 2. The zero-order valence-electron chi connectivity index (χ0n) is 13.2. The standard InChI is InChI=1S/C17H21N3O2/c1-4-6-14-9-17(22)20(11-18-14)10-16(21)19-15-8-5-7-12(2)13(15)3/h5,7-9,11H,4,6,10H2,1-3H3,(H,19,21). The molecule has 0 saturated heterocycles. The third-order valence-electron chi connectivity index (χ3n) is 3.63. The van der Waals surface area contributed by atoms with Gasteiger partial charge in [0.05, 0.1) is 6.33 Å². The summed E-state index contributed by atoms with van der Waals surface area (Å²) in [6, 6.07) is 7.23. The van der Waals surface area contributed by atoms with Gasteiger partial charge in [-0.25, -0.2) is 4.98 Å². The van der Waals surface area contributed by atoms with Gasteiger partial charge in [-0.3, -0.25) is 14.2 Å². The fourth-order valence-electron chi connectivity index (χ4n) is 2.21. The number of rotatable bonds is 5. The lowest BCUT2D eigenvalue weighted by atomic mass is 10.1. The van der Waals surface area contributed by atoms with Gasteiger partial charge in [0.2, 0.25) is 5.91 Å². The van der Waals surface area contributed by atoms with Crippen LogP contribution >= 0.6 is 0 Å². The van der Waals surface area contributed by atoms with Gasteiger partial charge in [-0.2, -0.15) is 0 Å². The molecule has 5 heteroatoms. The fourth-order valence-corrected chi connectivity index (χ4v) is 2.21. The van der Waals surface area contributed by atoms with Gasteiger partial charge in [0.25, 0.3) is 5.56 Å². The number of benzene rings is 1. The number of aromatic nitrogens is 2. The number of nitrogens with one attached hydrogen (secondary N) is 1. The van der Waals surface area contributed by atoms with Gasteiger partial charge < -0.3 is 5.32 Å². The number of nitrogens with zero attached hydrogens (tertiary/aromatic N) is 2. The van der Waals surface area contributed by atoms with Crippen LogP contribution in [0.2, 0.25) is 0 Å². The Morgan fingerprint density at radius 1 is 1.32 bits per heavy atom. The summed E-state index contributed by atoms with van der Waals surface area (Å²) in [6.07, 6.45) is 3.14. The van der Waals surface area contributed by atoms with Crippen LogP contribution < -0.4 is 10.9 Å². The molecule has 0 aliphatic heterocycles. The molecule has 1 heterocycles. The molecule has 0 radical (unpaired) electrons. The van der Waals surface area contributed by atoms with Crippen LogP contribution in [0.25, 0.3) is 0 Å². The van der Waals surface area contributed by atoms with Crippen molar-refractivity contribution in [3.63, 3.8) is 0 Å². The fraction of sp³-hybridized carbons (Fsp3) is 0.353. The Morgan fingerprint density at radius 3 is 2.77 bits per heavy atom. The van der Waals surface area contributed by atoms with Gasteiger partial charge in [-0.05, 0) is 37.5 Å². The second-order valence-corrected chi connectivity index (χ2v) is 5.39. The van der Waals surface area contributed by atoms with Gasteiger partial charge >= 0.3 is 0 Å². The third-order valence-corrected chi connectivity index (χ3v) is 3.63. The van der Waals surface area contributed by atoms with E-state index in [2.05, 4.69) is 10.3 Å². The molecule has 22 heavy (non-hydrogen) atoms. The van der Waals surface area contributed by atoms with Crippen molar-refractivity contribution >= 4 is 11.6 Å². The van der Waals surface area contributed by atoms with Gasteiger partial charge in [0.15, 0.2) is 0 Å². The van der Waals surface area contributed by atoms with Crippen molar-refractivity contribution in [2.45, 2.75) is 40.2 Å². The van der Waals surface area contributed by atoms with Crippen LogP contribution in [-0.2, 0) is 17.8 Å². The summed E-state index contributed by atoms with van der Waals surface area (Å²) in [7, 11) is 0. The number of hydrogen-bond donors (Lipinski definition) is 1. The van der Waals surface area contributed by atoms with Gasteiger partial charge in [0.1, 0.15) is 6.54 Å². The molecular formula is C17H21N3O2. The maximum Gasteiger partial charge on any atom is 0.253 e. The normalized spacial score (nSPS) is 10.5. The number of carbonyl (C=O) groups is 1. The summed E-state index contributed by atoms with van der Waals surface area (Å²) in [6.45, 7) is 5.94. The molecular weight excluding hydrogens is 278 g/mol. The van der Waals surface area contributed by atoms with Gasteiger partial charge in [-0.15, -0.1) is 0 Å². The van der Waals surface area contributed by atoms with E-state index in [0.29, 0.717) is 0 Å². The predicted molar refractivity (Wildman–Crippen MR) is 87.0 cm³/mol. The molecule has 116 valence electrons. The molecule has 0 bridgehead atoms. The van der Waals surface area contributed by atoms with Crippen molar-refractivity contribution in [2.24, 2.45) is 0 Å². The summed E-state index contributed by atoms with van der Waals surface area (Å²) >= 11 is 0. The zero-order valence-corrected chi connectivity index (χ0v) is 13.2. The molecule has 1 amide bonds. The Bertz CT molecular complexity index is 735. The lowest BCUT2D eigenvalue weighted by Gasteiger charge is -2.11. The number of hydrogen-bond acceptors (Lipinski definition) is 3. The number of anilines is 1. The highest BCUT2D eigenvalue weighted by atomic mass is 16.2. The summed E-state index contributed by atoms with van der Waals surface area (Å²) in [5.41, 5.74) is 3.47. The van der Waals surface area contributed by atoms with Gasteiger partial charge in [-0.1, -0.05) is 25.5 Å². The second kappa shape index (κ2) is 7.02. The van der Waals surface area contributed by atoms with Crippen molar-refractivity contribution in [1.29, 1.82) is 0 Å². The Labute approximate surface area is 130 Å². The minimum absolute atomic E-state index is 0.0361. The van der Waals surface area contributed by atoms with Crippen LogP contribution in [0.3, 0.4) is 0 Å². The summed E-state index contributed by atoms with van der Waals surface area (Å²) < 4.78 is 1.32. The Hall–Kier alpha value is -2.43. The highest BCUT2D eigenvalue weighted by Gasteiger charge is 2.08. The molecule has 2 aromatic rings. The van der Waals surface area contributed by atoms with Gasteiger partial charge in [0, 0.05) is 17.4 Å².